The highest BCUT2D eigenvalue weighted by molar-refractivity contribution is 5.58. The number of pyridine rings is 1. The van der Waals surface area contributed by atoms with Crippen LogP contribution in [0.25, 0.3) is 17.0 Å². The summed E-state index contributed by atoms with van der Waals surface area (Å²) in [5, 5.41) is 6.35. The monoisotopic (exact) mass is 280 g/mol. The maximum atomic E-state index is 12.7. The largest absolute Gasteiger partial charge is 0.416 e. The van der Waals surface area contributed by atoms with E-state index in [0.717, 1.165) is 18.2 Å². The van der Waals surface area contributed by atoms with E-state index in [1.165, 1.54) is 16.8 Å². The van der Waals surface area contributed by atoms with E-state index in [1.54, 1.807) is 6.07 Å². The molecule has 0 spiro atoms. The van der Waals surface area contributed by atoms with Crippen LogP contribution in [0, 0.1) is 0 Å². The zero-order valence-corrected chi connectivity index (χ0v) is 9.85. The number of nitrogens with zero attached hydrogens (tertiary/aromatic N) is 3. The van der Waals surface area contributed by atoms with Gasteiger partial charge in [-0.2, -0.15) is 23.3 Å². The van der Waals surface area contributed by atoms with E-state index in [0.29, 0.717) is 5.69 Å². The SMILES string of the molecule is O=c1cc2cc(C(F)(F)F)ccn2c(-c2ccn[nH]2)n1. The summed E-state index contributed by atoms with van der Waals surface area (Å²) in [4.78, 5) is 15.3. The summed E-state index contributed by atoms with van der Waals surface area (Å²) in [5.41, 5.74) is -0.880. The van der Waals surface area contributed by atoms with Crippen molar-refractivity contribution < 1.29 is 13.2 Å². The fraction of sp³-hybridized carbons (Fsp3) is 0.0833. The van der Waals surface area contributed by atoms with E-state index in [4.69, 9.17) is 0 Å². The third kappa shape index (κ3) is 2.04. The van der Waals surface area contributed by atoms with Crippen LogP contribution in [0.2, 0.25) is 0 Å². The van der Waals surface area contributed by atoms with Gasteiger partial charge in [-0.05, 0) is 18.2 Å². The second-order valence-electron chi connectivity index (χ2n) is 4.10. The van der Waals surface area contributed by atoms with Gasteiger partial charge in [-0.15, -0.1) is 0 Å². The lowest BCUT2D eigenvalue weighted by Gasteiger charge is -2.10. The Morgan fingerprint density at radius 3 is 2.65 bits per heavy atom. The Hall–Kier alpha value is -2.64. The number of hydrogen-bond acceptors (Lipinski definition) is 3. The molecule has 20 heavy (non-hydrogen) atoms. The smallest absolute Gasteiger partial charge is 0.300 e. The Bertz CT molecular complexity index is 821. The van der Waals surface area contributed by atoms with Crippen LogP contribution in [0.1, 0.15) is 5.56 Å². The van der Waals surface area contributed by atoms with E-state index >= 15 is 0 Å². The maximum absolute atomic E-state index is 12.7. The van der Waals surface area contributed by atoms with Crippen molar-refractivity contribution in [1.82, 2.24) is 19.6 Å². The van der Waals surface area contributed by atoms with Gasteiger partial charge in [-0.25, -0.2) is 0 Å². The molecule has 0 fully saturated rings. The lowest BCUT2D eigenvalue weighted by atomic mass is 10.2. The zero-order chi connectivity index (χ0) is 14.3. The first-order valence-corrected chi connectivity index (χ1v) is 5.55. The molecule has 0 amide bonds. The third-order valence-corrected chi connectivity index (χ3v) is 2.77. The average Bonchev–Trinajstić information content (AvgIpc) is 2.89. The number of aromatic nitrogens is 4. The van der Waals surface area contributed by atoms with Gasteiger partial charge >= 0.3 is 6.18 Å². The third-order valence-electron chi connectivity index (χ3n) is 2.77. The molecule has 0 aliphatic rings. The number of hydrogen-bond donors (Lipinski definition) is 1. The predicted molar refractivity (Wildman–Crippen MR) is 64.0 cm³/mol. The van der Waals surface area contributed by atoms with Gasteiger partial charge in [-0.1, -0.05) is 0 Å². The Morgan fingerprint density at radius 1 is 1.20 bits per heavy atom. The first-order chi connectivity index (χ1) is 9.45. The van der Waals surface area contributed by atoms with Crippen LogP contribution in [0.3, 0.4) is 0 Å². The Labute approximate surface area is 109 Å². The molecule has 0 bridgehead atoms. The second kappa shape index (κ2) is 4.19. The summed E-state index contributed by atoms with van der Waals surface area (Å²) in [5.74, 6) is 0.207. The molecule has 0 aliphatic carbocycles. The molecule has 3 aromatic rings. The zero-order valence-electron chi connectivity index (χ0n) is 9.85. The van der Waals surface area contributed by atoms with Crippen LogP contribution in [0.4, 0.5) is 13.2 Å². The topological polar surface area (TPSA) is 63.1 Å². The second-order valence-corrected chi connectivity index (χ2v) is 4.10. The van der Waals surface area contributed by atoms with E-state index in [1.807, 2.05) is 0 Å². The van der Waals surface area contributed by atoms with Crippen molar-refractivity contribution in [3.63, 3.8) is 0 Å². The molecule has 5 nitrogen and oxygen atoms in total. The van der Waals surface area contributed by atoms with E-state index in [-0.39, 0.29) is 11.3 Å². The lowest BCUT2D eigenvalue weighted by molar-refractivity contribution is -0.137. The molecule has 3 rings (SSSR count). The van der Waals surface area contributed by atoms with Gasteiger partial charge in [0.2, 0.25) is 0 Å². The van der Waals surface area contributed by atoms with Gasteiger partial charge < -0.3 is 0 Å². The predicted octanol–water partition coefficient (Wildman–Crippen LogP) is 2.10. The fourth-order valence-corrected chi connectivity index (χ4v) is 1.89. The number of rotatable bonds is 1. The molecule has 1 N–H and O–H groups in total. The van der Waals surface area contributed by atoms with E-state index in [2.05, 4.69) is 15.2 Å². The van der Waals surface area contributed by atoms with Crippen molar-refractivity contribution in [2.45, 2.75) is 6.18 Å². The summed E-state index contributed by atoms with van der Waals surface area (Å²) in [6.07, 6.45) is -1.78. The quantitative estimate of drug-likeness (QED) is 0.742. The van der Waals surface area contributed by atoms with Crippen LogP contribution in [0.15, 0.2) is 41.5 Å². The standard InChI is InChI=1S/C12H7F3N4O/c13-12(14,15)7-2-4-19-8(5-7)6-10(20)17-11(19)9-1-3-16-18-9/h1-6H,(H,16,18). The summed E-state index contributed by atoms with van der Waals surface area (Å²) in [6, 6.07) is 4.46. The Morgan fingerprint density at radius 2 is 2.00 bits per heavy atom. The van der Waals surface area contributed by atoms with Crippen molar-refractivity contribution >= 4 is 5.52 Å². The van der Waals surface area contributed by atoms with Crippen molar-refractivity contribution in [2.24, 2.45) is 0 Å². The number of nitrogens with one attached hydrogen (secondary N) is 1. The molecule has 102 valence electrons. The molecule has 3 aromatic heterocycles. The molecule has 0 radical (unpaired) electrons. The van der Waals surface area contributed by atoms with Crippen molar-refractivity contribution in [3.8, 4) is 11.5 Å². The lowest BCUT2D eigenvalue weighted by Crippen LogP contribution is -2.13. The van der Waals surface area contributed by atoms with Crippen molar-refractivity contribution in [3.05, 3.63) is 52.6 Å². The average molecular weight is 280 g/mol. The first-order valence-electron chi connectivity index (χ1n) is 5.55. The first kappa shape index (κ1) is 12.4. The highest BCUT2D eigenvalue weighted by Crippen LogP contribution is 2.30. The van der Waals surface area contributed by atoms with Gasteiger partial charge in [0.25, 0.3) is 5.56 Å². The van der Waals surface area contributed by atoms with Crippen LogP contribution in [0.5, 0.6) is 0 Å². The number of H-pyrrole nitrogens is 1. The molecule has 0 unspecified atom stereocenters. The summed E-state index contributed by atoms with van der Waals surface area (Å²) in [7, 11) is 0. The minimum atomic E-state index is -4.46. The molecule has 0 saturated carbocycles. The summed E-state index contributed by atoms with van der Waals surface area (Å²) in [6.45, 7) is 0. The van der Waals surface area contributed by atoms with Crippen LogP contribution < -0.4 is 5.56 Å². The minimum absolute atomic E-state index is 0.115. The highest BCUT2D eigenvalue weighted by atomic mass is 19.4. The molecule has 0 aliphatic heterocycles. The molecule has 0 atom stereocenters. The molecule has 3 heterocycles. The van der Waals surface area contributed by atoms with Crippen LogP contribution >= 0.6 is 0 Å². The van der Waals surface area contributed by atoms with E-state index in [9.17, 15) is 18.0 Å². The minimum Gasteiger partial charge on any atom is -0.300 e. The van der Waals surface area contributed by atoms with Gasteiger partial charge in [0, 0.05) is 18.5 Å². The van der Waals surface area contributed by atoms with Crippen LogP contribution in [-0.4, -0.2) is 19.6 Å². The van der Waals surface area contributed by atoms with Crippen molar-refractivity contribution in [1.29, 1.82) is 0 Å². The number of halogens is 3. The molecular formula is C12H7F3N4O. The number of alkyl halides is 3. The highest BCUT2D eigenvalue weighted by Gasteiger charge is 2.30. The normalized spacial score (nSPS) is 11.9. The molecule has 0 saturated heterocycles. The van der Waals surface area contributed by atoms with E-state index < -0.39 is 17.3 Å². The maximum Gasteiger partial charge on any atom is 0.416 e. The van der Waals surface area contributed by atoms with Gasteiger partial charge in [-0.3, -0.25) is 14.3 Å². The number of aromatic amines is 1. The molecular weight excluding hydrogens is 273 g/mol. The summed E-state index contributed by atoms with van der Waals surface area (Å²) < 4.78 is 39.4. The fourth-order valence-electron chi connectivity index (χ4n) is 1.89. The van der Waals surface area contributed by atoms with Crippen molar-refractivity contribution in [2.75, 3.05) is 0 Å². The molecule has 8 heteroatoms. The van der Waals surface area contributed by atoms with Gasteiger partial charge in [0.15, 0.2) is 5.82 Å². The van der Waals surface area contributed by atoms with Gasteiger partial charge in [0.05, 0.1) is 11.1 Å². The van der Waals surface area contributed by atoms with Crippen LogP contribution in [-0.2, 0) is 6.18 Å². The Balaban J connectivity index is 2.31. The summed E-state index contributed by atoms with van der Waals surface area (Å²) >= 11 is 0. The molecule has 0 aromatic carbocycles. The number of fused-ring (bicyclic) bond motifs is 1. The van der Waals surface area contributed by atoms with Gasteiger partial charge in [0.1, 0.15) is 5.69 Å². The Kier molecular flexibility index (Phi) is 2.60.